The van der Waals surface area contributed by atoms with Crippen LogP contribution in [0.3, 0.4) is 0 Å². The molecule has 0 fully saturated rings. The lowest BCUT2D eigenvalue weighted by atomic mass is 10.1. The van der Waals surface area contributed by atoms with Crippen molar-refractivity contribution in [3.63, 3.8) is 0 Å². The normalized spacial score (nSPS) is 9.86. The maximum absolute atomic E-state index is 13.2. The van der Waals surface area contributed by atoms with Crippen LogP contribution >= 0.6 is 15.9 Å². The van der Waals surface area contributed by atoms with Crippen molar-refractivity contribution in [3.8, 4) is 0 Å². The van der Waals surface area contributed by atoms with Crippen molar-refractivity contribution in [3.05, 3.63) is 34.1 Å². The van der Waals surface area contributed by atoms with Gasteiger partial charge in [0.15, 0.2) is 5.96 Å². The van der Waals surface area contributed by atoms with E-state index < -0.39 is 0 Å². The fourth-order valence-electron chi connectivity index (χ4n) is 1.04. The van der Waals surface area contributed by atoms with Crippen LogP contribution in [0, 0.1) is 5.82 Å². The van der Waals surface area contributed by atoms with E-state index in [-0.39, 0.29) is 11.8 Å². The molecule has 0 saturated heterocycles. The average molecular weight is 260 g/mol. The van der Waals surface area contributed by atoms with Gasteiger partial charge in [-0.3, -0.25) is 4.99 Å². The van der Waals surface area contributed by atoms with Crippen molar-refractivity contribution in [1.82, 2.24) is 0 Å². The first-order chi connectivity index (χ1) is 6.59. The molecule has 3 nitrogen and oxygen atoms in total. The Morgan fingerprint density at radius 1 is 1.43 bits per heavy atom. The molecule has 0 bridgehead atoms. The predicted molar refractivity (Wildman–Crippen MR) is 58.5 cm³/mol. The first-order valence-electron chi connectivity index (χ1n) is 4.09. The second-order valence-electron chi connectivity index (χ2n) is 2.79. The maximum atomic E-state index is 13.2. The Hall–Kier alpha value is -1.10. The van der Waals surface area contributed by atoms with Crippen LogP contribution in [0.2, 0.25) is 0 Å². The molecular weight excluding hydrogens is 249 g/mol. The number of aliphatic imine (C=N–C) groups is 1. The van der Waals surface area contributed by atoms with Crippen molar-refractivity contribution in [2.24, 2.45) is 16.5 Å². The SMILES string of the molecule is NC(N)=NCCc1cc(Br)ccc1F. The summed E-state index contributed by atoms with van der Waals surface area (Å²) < 4.78 is 14.0. The monoisotopic (exact) mass is 259 g/mol. The minimum Gasteiger partial charge on any atom is -0.370 e. The molecule has 1 aromatic carbocycles. The van der Waals surface area contributed by atoms with E-state index in [2.05, 4.69) is 20.9 Å². The number of hydrogen-bond acceptors (Lipinski definition) is 1. The van der Waals surface area contributed by atoms with Crippen LogP contribution in [0.5, 0.6) is 0 Å². The van der Waals surface area contributed by atoms with E-state index in [1.54, 1.807) is 12.1 Å². The molecule has 4 N–H and O–H groups in total. The van der Waals surface area contributed by atoms with E-state index in [1.807, 2.05) is 0 Å². The number of guanidine groups is 1. The molecule has 1 rings (SSSR count). The largest absolute Gasteiger partial charge is 0.370 e. The fraction of sp³-hybridized carbons (Fsp3) is 0.222. The summed E-state index contributed by atoms with van der Waals surface area (Å²) in [4.78, 5) is 3.78. The van der Waals surface area contributed by atoms with Gasteiger partial charge in [-0.1, -0.05) is 15.9 Å². The van der Waals surface area contributed by atoms with Crippen LogP contribution in [0.15, 0.2) is 27.7 Å². The Morgan fingerprint density at radius 2 is 2.14 bits per heavy atom. The summed E-state index contributed by atoms with van der Waals surface area (Å²) in [6.45, 7) is 0.399. The van der Waals surface area contributed by atoms with Gasteiger partial charge in [-0.15, -0.1) is 0 Å². The molecule has 0 heterocycles. The van der Waals surface area contributed by atoms with Gasteiger partial charge in [-0.2, -0.15) is 0 Å². The third-order valence-corrected chi connectivity index (χ3v) is 2.18. The number of benzene rings is 1. The van der Waals surface area contributed by atoms with E-state index >= 15 is 0 Å². The summed E-state index contributed by atoms with van der Waals surface area (Å²) in [5, 5.41) is 0. The minimum absolute atomic E-state index is 0.0282. The van der Waals surface area contributed by atoms with E-state index in [0.717, 1.165) is 4.47 Å². The molecule has 0 unspecified atom stereocenters. The summed E-state index contributed by atoms with van der Waals surface area (Å²) in [6.07, 6.45) is 0.489. The number of rotatable bonds is 3. The quantitative estimate of drug-likeness (QED) is 0.637. The van der Waals surface area contributed by atoms with Crippen molar-refractivity contribution in [1.29, 1.82) is 0 Å². The molecule has 0 saturated carbocycles. The molecule has 0 amide bonds. The second-order valence-corrected chi connectivity index (χ2v) is 3.71. The van der Waals surface area contributed by atoms with Crippen LogP contribution < -0.4 is 11.5 Å². The lowest BCUT2D eigenvalue weighted by Crippen LogP contribution is -2.23. The van der Waals surface area contributed by atoms with E-state index in [0.29, 0.717) is 18.5 Å². The van der Waals surface area contributed by atoms with E-state index in [4.69, 9.17) is 11.5 Å². The van der Waals surface area contributed by atoms with Crippen LogP contribution in [0.1, 0.15) is 5.56 Å². The molecule has 0 aromatic heterocycles. The van der Waals surface area contributed by atoms with Gasteiger partial charge in [0.05, 0.1) is 0 Å². The molecular formula is C9H11BrFN3. The number of hydrogen-bond donors (Lipinski definition) is 2. The molecule has 5 heteroatoms. The van der Waals surface area contributed by atoms with Crippen LogP contribution in [0.4, 0.5) is 4.39 Å². The van der Waals surface area contributed by atoms with Gasteiger partial charge < -0.3 is 11.5 Å². The van der Waals surface area contributed by atoms with Crippen molar-refractivity contribution in [2.45, 2.75) is 6.42 Å². The van der Waals surface area contributed by atoms with Gasteiger partial charge in [0, 0.05) is 11.0 Å². The zero-order chi connectivity index (χ0) is 10.6. The lowest BCUT2D eigenvalue weighted by Gasteiger charge is -2.01. The fourth-order valence-corrected chi connectivity index (χ4v) is 1.45. The first kappa shape index (κ1) is 11.0. The molecule has 0 aliphatic carbocycles. The van der Waals surface area contributed by atoms with Crippen molar-refractivity contribution in [2.75, 3.05) is 6.54 Å². The molecule has 14 heavy (non-hydrogen) atoms. The highest BCUT2D eigenvalue weighted by Crippen LogP contribution is 2.15. The molecule has 76 valence electrons. The van der Waals surface area contributed by atoms with Crippen molar-refractivity contribution >= 4 is 21.9 Å². The summed E-state index contributed by atoms with van der Waals surface area (Å²) in [7, 11) is 0. The Bertz CT molecular complexity index is 348. The smallest absolute Gasteiger partial charge is 0.185 e. The van der Waals surface area contributed by atoms with Gasteiger partial charge in [0.2, 0.25) is 0 Å². The predicted octanol–water partition coefficient (Wildman–Crippen LogP) is 1.40. The summed E-state index contributed by atoms with van der Waals surface area (Å²) in [5.74, 6) is -0.209. The topological polar surface area (TPSA) is 64.4 Å². The van der Waals surface area contributed by atoms with E-state index in [9.17, 15) is 4.39 Å². The highest BCUT2D eigenvalue weighted by atomic mass is 79.9. The lowest BCUT2D eigenvalue weighted by molar-refractivity contribution is 0.609. The third-order valence-electron chi connectivity index (χ3n) is 1.68. The maximum Gasteiger partial charge on any atom is 0.185 e. The van der Waals surface area contributed by atoms with Gasteiger partial charge in [0.25, 0.3) is 0 Å². The minimum atomic E-state index is -0.237. The molecule has 0 aliphatic rings. The Morgan fingerprint density at radius 3 is 2.79 bits per heavy atom. The molecule has 0 spiro atoms. The van der Waals surface area contributed by atoms with Gasteiger partial charge in [-0.05, 0) is 30.2 Å². The zero-order valence-electron chi connectivity index (χ0n) is 7.50. The zero-order valence-corrected chi connectivity index (χ0v) is 9.09. The Balaban J connectivity index is 2.67. The van der Waals surface area contributed by atoms with Crippen LogP contribution in [-0.4, -0.2) is 12.5 Å². The molecule has 0 atom stereocenters. The summed E-state index contributed by atoms with van der Waals surface area (Å²) in [5.41, 5.74) is 10.9. The summed E-state index contributed by atoms with van der Waals surface area (Å²) >= 11 is 3.27. The second kappa shape index (κ2) is 4.95. The molecule has 1 aromatic rings. The van der Waals surface area contributed by atoms with Gasteiger partial charge >= 0.3 is 0 Å². The summed E-state index contributed by atoms with van der Waals surface area (Å²) in [6, 6.07) is 4.78. The highest BCUT2D eigenvalue weighted by molar-refractivity contribution is 9.10. The Labute approximate surface area is 90.1 Å². The van der Waals surface area contributed by atoms with E-state index in [1.165, 1.54) is 6.07 Å². The number of nitrogens with zero attached hydrogens (tertiary/aromatic N) is 1. The molecule has 0 radical (unpaired) electrons. The standard InChI is InChI=1S/C9H11BrFN3/c10-7-1-2-8(11)6(5-7)3-4-14-9(12)13/h1-2,5H,3-4H2,(H4,12,13,14). The van der Waals surface area contributed by atoms with Crippen LogP contribution in [0.25, 0.3) is 0 Å². The van der Waals surface area contributed by atoms with Crippen LogP contribution in [-0.2, 0) is 6.42 Å². The average Bonchev–Trinajstić information content (AvgIpc) is 2.10. The third kappa shape index (κ3) is 3.33. The Kier molecular flexibility index (Phi) is 3.88. The van der Waals surface area contributed by atoms with Crippen molar-refractivity contribution < 1.29 is 4.39 Å². The number of nitrogens with two attached hydrogens (primary N) is 2. The van der Waals surface area contributed by atoms with Gasteiger partial charge in [0.1, 0.15) is 5.82 Å². The first-order valence-corrected chi connectivity index (χ1v) is 4.88. The van der Waals surface area contributed by atoms with Gasteiger partial charge in [-0.25, -0.2) is 4.39 Å². The molecule has 0 aliphatic heterocycles. The number of halogens is 2. The highest BCUT2D eigenvalue weighted by Gasteiger charge is 2.01.